The summed E-state index contributed by atoms with van der Waals surface area (Å²) in [7, 11) is 0. The summed E-state index contributed by atoms with van der Waals surface area (Å²) in [6.45, 7) is 6.48. The molecule has 6 nitrogen and oxygen atoms in total. The van der Waals surface area contributed by atoms with Crippen LogP contribution >= 0.6 is 0 Å². The monoisotopic (exact) mass is 1040 g/mol. The smallest absolute Gasteiger partial charge is 0.306 e. The molecule has 0 aromatic rings. The van der Waals surface area contributed by atoms with Crippen LogP contribution in [0.5, 0.6) is 0 Å². The van der Waals surface area contributed by atoms with Crippen molar-refractivity contribution >= 4 is 17.9 Å². The van der Waals surface area contributed by atoms with Gasteiger partial charge in [-0.25, -0.2) is 0 Å². The predicted octanol–water partition coefficient (Wildman–Crippen LogP) is 21.9. The van der Waals surface area contributed by atoms with E-state index in [0.29, 0.717) is 19.3 Å². The van der Waals surface area contributed by atoms with Gasteiger partial charge in [0.2, 0.25) is 0 Å². The minimum Gasteiger partial charge on any atom is -0.462 e. The van der Waals surface area contributed by atoms with Gasteiger partial charge in [-0.15, -0.1) is 0 Å². The molecular weight excluding hydrogens is 925 g/mol. The van der Waals surface area contributed by atoms with E-state index in [-0.39, 0.29) is 37.5 Å². The van der Waals surface area contributed by atoms with E-state index in [9.17, 15) is 14.4 Å². The number of hydrogen-bond acceptors (Lipinski definition) is 6. The van der Waals surface area contributed by atoms with E-state index in [1.807, 2.05) is 0 Å². The SMILES string of the molecule is CC/C=C\C/C=C\C/C=C\C/C=C\C/C=C\C/C=C\C/C=C\CCCC(=O)OC(COC(=O)CCCCCCCCCC)COC(=O)CCCCCCCCCCCCCCCCCCCCCCCCCCCC. The van der Waals surface area contributed by atoms with Crippen molar-refractivity contribution in [1.82, 2.24) is 0 Å². The molecule has 0 saturated carbocycles. The van der Waals surface area contributed by atoms with Crippen LogP contribution in [0.2, 0.25) is 0 Å². The van der Waals surface area contributed by atoms with Crippen LogP contribution in [0.25, 0.3) is 0 Å². The highest BCUT2D eigenvalue weighted by molar-refractivity contribution is 5.71. The summed E-state index contributed by atoms with van der Waals surface area (Å²) in [6, 6.07) is 0. The molecule has 1 unspecified atom stereocenters. The highest BCUT2D eigenvalue weighted by Crippen LogP contribution is 2.17. The van der Waals surface area contributed by atoms with Gasteiger partial charge >= 0.3 is 17.9 Å². The summed E-state index contributed by atoms with van der Waals surface area (Å²) in [5.41, 5.74) is 0. The molecule has 0 fully saturated rings. The zero-order valence-electron chi connectivity index (χ0n) is 49.6. The Kier molecular flexibility index (Phi) is 60.3. The van der Waals surface area contributed by atoms with Gasteiger partial charge in [0, 0.05) is 19.3 Å². The Morgan fingerprint density at radius 3 is 0.800 bits per heavy atom. The van der Waals surface area contributed by atoms with Crippen molar-refractivity contribution in [3.05, 3.63) is 85.1 Å². The second-order valence-electron chi connectivity index (χ2n) is 21.3. The zero-order valence-corrected chi connectivity index (χ0v) is 49.6. The Labute approximate surface area is 465 Å². The number of unbranched alkanes of at least 4 members (excludes halogenated alkanes) is 33. The molecule has 0 saturated heterocycles. The predicted molar refractivity (Wildman–Crippen MR) is 325 cm³/mol. The molecule has 0 aromatic carbocycles. The van der Waals surface area contributed by atoms with Crippen molar-refractivity contribution in [2.24, 2.45) is 0 Å². The second kappa shape index (κ2) is 63.1. The number of hydrogen-bond donors (Lipinski definition) is 0. The lowest BCUT2D eigenvalue weighted by atomic mass is 10.0. The molecule has 75 heavy (non-hydrogen) atoms. The lowest BCUT2D eigenvalue weighted by molar-refractivity contribution is -0.167. The third kappa shape index (κ3) is 61.3. The van der Waals surface area contributed by atoms with E-state index in [4.69, 9.17) is 14.2 Å². The van der Waals surface area contributed by atoms with E-state index in [1.165, 1.54) is 180 Å². The van der Waals surface area contributed by atoms with Crippen LogP contribution in [-0.4, -0.2) is 37.2 Å². The molecule has 432 valence electrons. The van der Waals surface area contributed by atoms with Crippen molar-refractivity contribution < 1.29 is 28.6 Å². The molecule has 0 bridgehead atoms. The van der Waals surface area contributed by atoms with Crippen LogP contribution in [0, 0.1) is 0 Å². The van der Waals surface area contributed by atoms with Crippen LogP contribution in [-0.2, 0) is 28.6 Å². The van der Waals surface area contributed by atoms with Crippen molar-refractivity contribution in [3.63, 3.8) is 0 Å². The van der Waals surface area contributed by atoms with Gasteiger partial charge in [-0.1, -0.05) is 311 Å². The highest BCUT2D eigenvalue weighted by atomic mass is 16.6. The summed E-state index contributed by atoms with van der Waals surface area (Å²) >= 11 is 0. The molecule has 0 amide bonds. The number of allylic oxidation sites excluding steroid dienone is 14. The lowest BCUT2D eigenvalue weighted by Crippen LogP contribution is -2.30. The summed E-state index contributed by atoms with van der Waals surface area (Å²) in [5.74, 6) is -0.949. The number of rotatable bonds is 58. The molecule has 0 N–H and O–H groups in total. The van der Waals surface area contributed by atoms with E-state index >= 15 is 0 Å². The van der Waals surface area contributed by atoms with Crippen LogP contribution < -0.4 is 0 Å². The van der Waals surface area contributed by atoms with Gasteiger partial charge in [-0.2, -0.15) is 0 Å². The van der Waals surface area contributed by atoms with E-state index in [0.717, 1.165) is 89.9 Å². The van der Waals surface area contributed by atoms with E-state index in [2.05, 4.69) is 106 Å². The molecule has 0 radical (unpaired) electrons. The number of carbonyl (C=O) groups is 3. The second-order valence-corrected chi connectivity index (χ2v) is 21.3. The Hall–Kier alpha value is -3.41. The minimum absolute atomic E-state index is 0.0963. The summed E-state index contributed by atoms with van der Waals surface area (Å²) in [4.78, 5) is 38.1. The van der Waals surface area contributed by atoms with Crippen LogP contribution in [0.1, 0.15) is 316 Å². The molecule has 0 aliphatic rings. The Morgan fingerprint density at radius 2 is 0.520 bits per heavy atom. The fourth-order valence-electron chi connectivity index (χ4n) is 9.14. The third-order valence-corrected chi connectivity index (χ3v) is 13.9. The van der Waals surface area contributed by atoms with Crippen molar-refractivity contribution in [2.75, 3.05) is 13.2 Å². The zero-order chi connectivity index (χ0) is 54.3. The molecule has 6 heteroatoms. The molecule has 0 aliphatic heterocycles. The van der Waals surface area contributed by atoms with Crippen LogP contribution in [0.3, 0.4) is 0 Å². The average Bonchev–Trinajstić information content (AvgIpc) is 3.41. The van der Waals surface area contributed by atoms with Gasteiger partial charge < -0.3 is 14.2 Å². The van der Waals surface area contributed by atoms with E-state index in [1.54, 1.807) is 0 Å². The minimum atomic E-state index is -0.804. The van der Waals surface area contributed by atoms with Crippen molar-refractivity contribution in [3.8, 4) is 0 Å². The first-order valence-electron chi connectivity index (χ1n) is 32.1. The molecule has 0 rings (SSSR count). The molecule has 0 aromatic heterocycles. The van der Waals surface area contributed by atoms with Gasteiger partial charge in [0.25, 0.3) is 0 Å². The van der Waals surface area contributed by atoms with Crippen LogP contribution in [0.15, 0.2) is 85.1 Å². The quantitative estimate of drug-likeness (QED) is 0.0261. The molecule has 1 atom stereocenters. The molecular formula is C69H120O6. The molecule has 0 heterocycles. The Morgan fingerprint density at radius 1 is 0.280 bits per heavy atom. The largest absolute Gasteiger partial charge is 0.462 e. The lowest BCUT2D eigenvalue weighted by Gasteiger charge is -2.18. The fourth-order valence-corrected chi connectivity index (χ4v) is 9.14. The van der Waals surface area contributed by atoms with Crippen molar-refractivity contribution in [2.45, 2.75) is 322 Å². The third-order valence-electron chi connectivity index (χ3n) is 13.9. The molecule has 0 spiro atoms. The average molecular weight is 1050 g/mol. The summed E-state index contributed by atoms with van der Waals surface area (Å²) in [5, 5.41) is 0. The first-order valence-corrected chi connectivity index (χ1v) is 32.1. The summed E-state index contributed by atoms with van der Waals surface area (Å²) < 4.78 is 16.8. The number of esters is 3. The Balaban J connectivity index is 4.23. The first kappa shape index (κ1) is 71.6. The fraction of sp³-hybridized carbons (Fsp3) is 0.754. The van der Waals surface area contributed by atoms with Gasteiger partial charge in [-0.05, 0) is 70.6 Å². The van der Waals surface area contributed by atoms with Crippen LogP contribution in [0.4, 0.5) is 0 Å². The normalized spacial score (nSPS) is 12.6. The van der Waals surface area contributed by atoms with Gasteiger partial charge in [0.1, 0.15) is 13.2 Å². The van der Waals surface area contributed by atoms with Gasteiger partial charge in [0.15, 0.2) is 6.10 Å². The number of ether oxygens (including phenoxy) is 3. The first-order chi connectivity index (χ1) is 37.0. The maximum absolute atomic E-state index is 12.8. The standard InChI is InChI=1S/C69H120O6/c1-4-7-10-13-16-19-21-23-25-27-29-31-33-34-35-37-38-40-42-44-46-48-50-53-56-59-62-68(71)74-65-66(64-73-67(70)61-58-55-52-18-15-12-9-6-3)75-69(72)63-60-57-54-51-49-47-45-43-41-39-36-32-30-28-26-24-22-20-17-14-11-8-5-2/h8,11,17,20,24,26,30,32,39,41,45,47,51,54,66H,4-7,9-10,12-16,18-19,21-23,25,27-29,31,33-38,40,42-44,46,48-50,52-53,55-65H2,1-3H3/b11-8-,20-17-,26-24-,32-30-,41-39-,47-45-,54-51-. The highest BCUT2D eigenvalue weighted by Gasteiger charge is 2.19. The topological polar surface area (TPSA) is 78.9 Å². The summed E-state index contributed by atoms with van der Waals surface area (Å²) in [6.07, 6.45) is 83.4. The van der Waals surface area contributed by atoms with Gasteiger partial charge in [0.05, 0.1) is 0 Å². The van der Waals surface area contributed by atoms with E-state index < -0.39 is 6.10 Å². The number of carbonyl (C=O) groups excluding carboxylic acids is 3. The van der Waals surface area contributed by atoms with Crippen molar-refractivity contribution in [1.29, 1.82) is 0 Å². The Bertz CT molecular complexity index is 1430. The maximum atomic E-state index is 12.8. The maximum Gasteiger partial charge on any atom is 0.306 e. The molecule has 0 aliphatic carbocycles. The van der Waals surface area contributed by atoms with Gasteiger partial charge in [-0.3, -0.25) is 14.4 Å².